The van der Waals surface area contributed by atoms with Gasteiger partial charge in [0.05, 0.1) is 5.76 Å². The van der Waals surface area contributed by atoms with E-state index >= 15 is 0 Å². The van der Waals surface area contributed by atoms with Crippen LogP contribution in [0.15, 0.2) is 96.9 Å². The molecule has 0 unspecified atom stereocenters. The van der Waals surface area contributed by atoms with Crippen LogP contribution in [0.2, 0.25) is 0 Å². The van der Waals surface area contributed by atoms with Crippen LogP contribution in [0.5, 0.6) is 0 Å². The van der Waals surface area contributed by atoms with Crippen LogP contribution in [0.1, 0.15) is 25.0 Å². The first kappa shape index (κ1) is 28.4. The number of nitrogens with zero attached hydrogens (tertiary/aromatic N) is 1. The van der Waals surface area contributed by atoms with E-state index in [2.05, 4.69) is 98.8 Å². The molecule has 4 aromatic carbocycles. The standard InChI is InChI=1S/C29H20NS.C5H8O2.Ir/c1-18-8-7-9-19(2)28(18)27-17-25-26(31-27)14-15-30-29(25)24-16-20-10-3-4-11-21(20)22-12-5-6-13-23(22)24;1-4(6)3-5(2)7;/h3-15,17H,1-2H3;3,6H,1-2H3;/q-1;;/b;4-3-;. The van der Waals surface area contributed by atoms with Gasteiger partial charge in [-0.3, -0.25) is 9.78 Å². The molecule has 197 valence electrons. The molecule has 2 aromatic heterocycles. The summed E-state index contributed by atoms with van der Waals surface area (Å²) >= 11 is 1.84. The van der Waals surface area contributed by atoms with Crippen molar-refractivity contribution in [1.82, 2.24) is 4.98 Å². The van der Waals surface area contributed by atoms with E-state index in [4.69, 9.17) is 10.1 Å². The molecule has 6 rings (SSSR count). The van der Waals surface area contributed by atoms with Gasteiger partial charge in [-0.05, 0) is 61.9 Å². The van der Waals surface area contributed by atoms with E-state index in [1.807, 2.05) is 17.5 Å². The fourth-order valence-corrected chi connectivity index (χ4v) is 6.17. The summed E-state index contributed by atoms with van der Waals surface area (Å²) in [5.74, 6) is -0.0625. The SMILES string of the molecule is CC(=O)/C=C(/C)O.Cc1cccc(C)c1-c1cc2c(-c3[c-]c4ccccc4c4ccccc34)nccc2s1.[Ir]. The van der Waals surface area contributed by atoms with Gasteiger partial charge >= 0.3 is 0 Å². The van der Waals surface area contributed by atoms with Crippen LogP contribution in [-0.4, -0.2) is 15.9 Å². The molecule has 0 aliphatic carbocycles. The summed E-state index contributed by atoms with van der Waals surface area (Å²) in [5, 5.41) is 14.4. The normalized spacial score (nSPS) is 11.2. The molecular formula is C34H28IrNO2S-. The largest absolute Gasteiger partial charge is 0.512 e. The first-order valence-corrected chi connectivity index (χ1v) is 13.3. The molecule has 0 atom stereocenters. The molecule has 0 spiro atoms. The Morgan fingerprint density at radius 2 is 1.49 bits per heavy atom. The number of thiophene rings is 1. The topological polar surface area (TPSA) is 50.2 Å². The third-order valence-corrected chi connectivity index (χ3v) is 7.61. The molecule has 39 heavy (non-hydrogen) atoms. The summed E-state index contributed by atoms with van der Waals surface area (Å²) in [6.07, 6.45) is 3.10. The van der Waals surface area contributed by atoms with Crippen LogP contribution < -0.4 is 0 Å². The fraction of sp³-hybridized carbons (Fsp3) is 0.118. The molecule has 0 bridgehead atoms. The van der Waals surface area contributed by atoms with Crippen molar-refractivity contribution in [2.75, 3.05) is 0 Å². The number of aryl methyl sites for hydroxylation is 2. The Hall–Kier alpha value is -3.63. The smallest absolute Gasteiger partial charge is 0.155 e. The average molecular weight is 707 g/mol. The number of hydrogen-bond acceptors (Lipinski definition) is 4. The molecule has 3 nitrogen and oxygen atoms in total. The van der Waals surface area contributed by atoms with Crippen LogP contribution >= 0.6 is 11.3 Å². The summed E-state index contributed by atoms with van der Waals surface area (Å²) in [6.45, 7) is 7.23. The summed E-state index contributed by atoms with van der Waals surface area (Å²) < 4.78 is 1.26. The summed E-state index contributed by atoms with van der Waals surface area (Å²) in [6, 6.07) is 31.7. The van der Waals surface area contributed by atoms with E-state index < -0.39 is 0 Å². The maximum absolute atomic E-state index is 10.0. The Balaban J connectivity index is 0.000000394. The van der Waals surface area contributed by atoms with Crippen molar-refractivity contribution in [3.63, 3.8) is 0 Å². The van der Waals surface area contributed by atoms with E-state index in [0.29, 0.717) is 0 Å². The number of rotatable bonds is 3. The van der Waals surface area contributed by atoms with Gasteiger partial charge in [0, 0.05) is 47.6 Å². The number of allylic oxidation sites excluding steroid dienone is 2. The quantitative estimate of drug-likeness (QED) is 0.0864. The number of hydrogen-bond donors (Lipinski definition) is 1. The summed E-state index contributed by atoms with van der Waals surface area (Å²) in [4.78, 5) is 16.2. The third-order valence-electron chi connectivity index (χ3n) is 6.50. The van der Waals surface area contributed by atoms with Crippen molar-refractivity contribution >= 4 is 48.8 Å². The second-order valence-electron chi connectivity index (χ2n) is 9.44. The molecule has 0 aliphatic rings. The molecule has 0 saturated heterocycles. The second-order valence-corrected chi connectivity index (χ2v) is 10.5. The molecule has 0 fully saturated rings. The van der Waals surface area contributed by atoms with Crippen LogP contribution in [-0.2, 0) is 24.9 Å². The molecular weight excluding hydrogens is 679 g/mol. The number of carbonyl (C=O) groups is 1. The molecule has 5 heteroatoms. The minimum atomic E-state index is -0.125. The van der Waals surface area contributed by atoms with Gasteiger partial charge in [-0.15, -0.1) is 28.9 Å². The molecule has 1 N–H and O–H groups in total. The zero-order chi connectivity index (χ0) is 26.8. The van der Waals surface area contributed by atoms with Gasteiger partial charge in [0.15, 0.2) is 5.78 Å². The van der Waals surface area contributed by atoms with Crippen LogP contribution in [0, 0.1) is 19.9 Å². The second kappa shape index (κ2) is 12.0. The first-order valence-electron chi connectivity index (χ1n) is 12.5. The Kier molecular flexibility index (Phi) is 8.76. The Morgan fingerprint density at radius 1 is 0.846 bits per heavy atom. The summed E-state index contributed by atoms with van der Waals surface area (Å²) in [7, 11) is 0. The Labute approximate surface area is 246 Å². The third kappa shape index (κ3) is 5.86. The Bertz CT molecular complexity index is 1830. The van der Waals surface area contributed by atoms with Crippen LogP contribution in [0.3, 0.4) is 0 Å². The van der Waals surface area contributed by atoms with Crippen LogP contribution in [0.4, 0.5) is 0 Å². The molecule has 2 heterocycles. The van der Waals surface area contributed by atoms with Gasteiger partial charge in [0.2, 0.25) is 0 Å². The monoisotopic (exact) mass is 707 g/mol. The summed E-state index contributed by atoms with van der Waals surface area (Å²) in [5.41, 5.74) is 6.04. The first-order chi connectivity index (χ1) is 18.3. The molecule has 0 saturated carbocycles. The van der Waals surface area contributed by atoms with E-state index in [1.165, 1.54) is 67.7 Å². The van der Waals surface area contributed by atoms with Gasteiger partial charge in [0.25, 0.3) is 0 Å². The number of pyridine rings is 1. The number of benzene rings is 4. The van der Waals surface area contributed by atoms with Gasteiger partial charge < -0.3 is 5.11 Å². The van der Waals surface area contributed by atoms with Gasteiger partial charge in [-0.25, -0.2) is 0 Å². The number of ketones is 1. The minimum absolute atomic E-state index is 0. The maximum Gasteiger partial charge on any atom is 0.155 e. The van der Waals surface area contributed by atoms with Gasteiger partial charge in [-0.2, -0.15) is 0 Å². The van der Waals surface area contributed by atoms with Crippen molar-refractivity contribution in [2.24, 2.45) is 0 Å². The number of aromatic nitrogens is 1. The van der Waals surface area contributed by atoms with Crippen molar-refractivity contribution in [2.45, 2.75) is 27.7 Å². The van der Waals surface area contributed by atoms with E-state index in [-0.39, 0.29) is 31.6 Å². The van der Waals surface area contributed by atoms with E-state index in [1.54, 1.807) is 0 Å². The Morgan fingerprint density at radius 3 is 2.13 bits per heavy atom. The van der Waals surface area contributed by atoms with Crippen LogP contribution in [0.25, 0.3) is 53.3 Å². The van der Waals surface area contributed by atoms with Crippen molar-refractivity contribution in [3.05, 3.63) is 114 Å². The van der Waals surface area contributed by atoms with Crippen molar-refractivity contribution in [1.29, 1.82) is 0 Å². The number of fused-ring (bicyclic) bond motifs is 4. The molecule has 6 aromatic rings. The molecule has 0 amide bonds. The molecule has 1 radical (unpaired) electrons. The predicted molar refractivity (Wildman–Crippen MR) is 161 cm³/mol. The number of aliphatic hydroxyl groups is 1. The van der Waals surface area contributed by atoms with Crippen molar-refractivity contribution < 1.29 is 30.0 Å². The minimum Gasteiger partial charge on any atom is -0.512 e. The average Bonchev–Trinajstić information content (AvgIpc) is 3.32. The van der Waals surface area contributed by atoms with E-state index in [0.717, 1.165) is 16.6 Å². The van der Waals surface area contributed by atoms with Gasteiger partial charge in [-0.1, -0.05) is 82.4 Å². The number of aliphatic hydroxyl groups excluding tert-OH is 1. The zero-order valence-corrected chi connectivity index (χ0v) is 25.4. The van der Waals surface area contributed by atoms with Gasteiger partial charge in [0.1, 0.15) is 0 Å². The zero-order valence-electron chi connectivity index (χ0n) is 22.2. The van der Waals surface area contributed by atoms with E-state index in [9.17, 15) is 4.79 Å². The fourth-order valence-electron chi connectivity index (χ4n) is 4.93. The van der Waals surface area contributed by atoms with Crippen molar-refractivity contribution in [3.8, 4) is 21.7 Å². The number of carbonyl (C=O) groups excluding carboxylic acids is 1. The maximum atomic E-state index is 10.0. The predicted octanol–water partition coefficient (Wildman–Crippen LogP) is 9.39. The molecule has 0 aliphatic heterocycles.